The van der Waals surface area contributed by atoms with E-state index in [0.29, 0.717) is 17.2 Å². The molecular weight excluding hydrogens is 359 g/mol. The lowest BCUT2D eigenvalue weighted by Crippen LogP contribution is -2.57. The minimum absolute atomic E-state index is 0.0182. The van der Waals surface area contributed by atoms with Crippen molar-refractivity contribution in [1.82, 2.24) is 4.72 Å². The van der Waals surface area contributed by atoms with Crippen LogP contribution in [0.15, 0.2) is 11.0 Å². The van der Waals surface area contributed by atoms with Crippen molar-refractivity contribution in [3.63, 3.8) is 0 Å². The van der Waals surface area contributed by atoms with E-state index in [0.717, 1.165) is 30.6 Å². The van der Waals surface area contributed by atoms with Crippen molar-refractivity contribution in [2.75, 3.05) is 0 Å². The van der Waals surface area contributed by atoms with Crippen molar-refractivity contribution in [3.05, 3.63) is 14.7 Å². The van der Waals surface area contributed by atoms with E-state index in [1.54, 1.807) is 0 Å². The van der Waals surface area contributed by atoms with Crippen molar-refractivity contribution in [1.29, 1.82) is 0 Å². The number of hydrogen-bond donors (Lipinski definition) is 2. The molecule has 1 fully saturated rings. The third kappa shape index (κ3) is 3.28. The van der Waals surface area contributed by atoms with E-state index in [1.807, 2.05) is 0 Å². The van der Waals surface area contributed by atoms with Crippen molar-refractivity contribution in [2.24, 2.45) is 5.73 Å². The van der Waals surface area contributed by atoms with Crippen LogP contribution in [0, 0.1) is 0 Å². The molecule has 9 heteroatoms. The van der Waals surface area contributed by atoms with E-state index >= 15 is 0 Å². The number of halogens is 2. The monoisotopic (exact) mass is 372 g/mol. The Morgan fingerprint density at radius 1 is 1.35 bits per heavy atom. The van der Waals surface area contributed by atoms with Gasteiger partial charge in [0.15, 0.2) is 0 Å². The first kappa shape index (κ1) is 16.5. The summed E-state index contributed by atoms with van der Waals surface area (Å²) in [6, 6.07) is 1.34. The number of thiocarbonyl (C=S) groups is 1. The fourth-order valence-electron chi connectivity index (χ4n) is 2.37. The van der Waals surface area contributed by atoms with Crippen LogP contribution in [0.2, 0.25) is 8.67 Å². The standard InChI is InChI=1S/C11H14Cl2N2O2S3/c12-8-6-7(9(13)19-8)20(16,17)15-11(10(14)18)4-2-1-3-5-11/h6,15H,1-5H2,(H2,14,18). The topological polar surface area (TPSA) is 72.2 Å². The zero-order valence-electron chi connectivity index (χ0n) is 10.5. The molecule has 1 heterocycles. The van der Waals surface area contributed by atoms with Gasteiger partial charge in [0.1, 0.15) is 9.23 Å². The number of sulfonamides is 1. The summed E-state index contributed by atoms with van der Waals surface area (Å²) in [6.45, 7) is 0. The third-order valence-electron chi connectivity index (χ3n) is 3.42. The number of nitrogens with one attached hydrogen (secondary N) is 1. The molecule has 0 spiro atoms. The largest absolute Gasteiger partial charge is 0.392 e. The molecule has 3 N–H and O–H groups in total. The van der Waals surface area contributed by atoms with E-state index in [4.69, 9.17) is 41.2 Å². The minimum atomic E-state index is -3.80. The van der Waals surface area contributed by atoms with Crippen LogP contribution in [-0.4, -0.2) is 18.9 Å². The zero-order chi connectivity index (χ0) is 15.0. The van der Waals surface area contributed by atoms with Gasteiger partial charge in [0, 0.05) is 0 Å². The molecule has 20 heavy (non-hydrogen) atoms. The predicted molar refractivity (Wildman–Crippen MR) is 87.3 cm³/mol. The first-order valence-electron chi connectivity index (χ1n) is 6.06. The maximum Gasteiger partial charge on any atom is 0.243 e. The Labute approximate surface area is 137 Å². The molecule has 1 aromatic rings. The smallest absolute Gasteiger partial charge is 0.243 e. The Balaban J connectivity index is 2.35. The minimum Gasteiger partial charge on any atom is -0.392 e. The van der Waals surface area contributed by atoms with Gasteiger partial charge in [-0.15, -0.1) is 11.3 Å². The number of thiophene rings is 1. The van der Waals surface area contributed by atoms with E-state index in [2.05, 4.69) is 4.72 Å². The average Bonchev–Trinajstić information content (AvgIpc) is 2.70. The highest BCUT2D eigenvalue weighted by molar-refractivity contribution is 7.90. The first-order valence-corrected chi connectivity index (χ1v) is 9.52. The summed E-state index contributed by atoms with van der Waals surface area (Å²) in [7, 11) is -3.80. The van der Waals surface area contributed by atoms with E-state index in [1.165, 1.54) is 6.07 Å². The van der Waals surface area contributed by atoms with Crippen molar-refractivity contribution < 1.29 is 8.42 Å². The Kier molecular flexibility index (Phi) is 4.98. The van der Waals surface area contributed by atoms with E-state index < -0.39 is 15.6 Å². The van der Waals surface area contributed by atoms with Crippen LogP contribution >= 0.6 is 46.8 Å². The summed E-state index contributed by atoms with van der Waals surface area (Å²) < 4.78 is 28.1. The van der Waals surface area contributed by atoms with Crippen LogP contribution in [0.25, 0.3) is 0 Å². The van der Waals surface area contributed by atoms with E-state index in [-0.39, 0.29) is 14.2 Å². The third-order valence-corrected chi connectivity index (χ3v) is 7.10. The molecule has 1 saturated carbocycles. The lowest BCUT2D eigenvalue weighted by atomic mass is 9.82. The molecule has 4 nitrogen and oxygen atoms in total. The van der Waals surface area contributed by atoms with Crippen LogP contribution in [0.5, 0.6) is 0 Å². The summed E-state index contributed by atoms with van der Waals surface area (Å²) in [5.74, 6) is 0. The quantitative estimate of drug-likeness (QED) is 0.795. The predicted octanol–water partition coefficient (Wildman–Crippen LogP) is 3.32. The Morgan fingerprint density at radius 2 is 1.95 bits per heavy atom. The van der Waals surface area contributed by atoms with Crippen LogP contribution in [-0.2, 0) is 10.0 Å². The van der Waals surface area contributed by atoms with Gasteiger partial charge in [-0.3, -0.25) is 0 Å². The molecule has 0 unspecified atom stereocenters. The van der Waals surface area contributed by atoms with E-state index in [9.17, 15) is 8.42 Å². The second-order valence-corrected chi connectivity index (χ2v) is 9.18. The SMILES string of the molecule is NC(=S)C1(NS(=O)(=O)c2cc(Cl)sc2Cl)CCCCC1. The summed E-state index contributed by atoms with van der Waals surface area (Å²) >= 11 is 17.8. The Hall–Kier alpha value is 0.0800. The highest BCUT2D eigenvalue weighted by Gasteiger charge is 2.40. The molecule has 1 aliphatic rings. The Morgan fingerprint density at radius 3 is 2.40 bits per heavy atom. The molecule has 112 valence electrons. The molecule has 0 saturated heterocycles. The second kappa shape index (κ2) is 6.06. The molecule has 0 radical (unpaired) electrons. The van der Waals surface area contributed by atoms with Gasteiger partial charge in [0.2, 0.25) is 10.0 Å². The Bertz CT molecular complexity index is 622. The fourth-order valence-corrected chi connectivity index (χ4v) is 6.29. The number of hydrogen-bond acceptors (Lipinski definition) is 4. The molecule has 2 rings (SSSR count). The van der Waals surface area contributed by atoms with Crippen LogP contribution in [0.3, 0.4) is 0 Å². The van der Waals surface area contributed by atoms with Crippen LogP contribution in [0.4, 0.5) is 0 Å². The van der Waals surface area contributed by atoms with Crippen molar-refractivity contribution in [2.45, 2.75) is 42.5 Å². The van der Waals surface area contributed by atoms with Gasteiger partial charge in [-0.05, 0) is 18.9 Å². The first-order chi connectivity index (χ1) is 9.27. The van der Waals surface area contributed by atoms with Crippen LogP contribution in [0.1, 0.15) is 32.1 Å². The van der Waals surface area contributed by atoms with Gasteiger partial charge in [0.25, 0.3) is 0 Å². The van der Waals surface area contributed by atoms with Crippen molar-refractivity contribution >= 4 is 61.8 Å². The summed E-state index contributed by atoms with van der Waals surface area (Å²) in [6.07, 6.45) is 4.04. The maximum atomic E-state index is 12.5. The van der Waals surface area contributed by atoms with Gasteiger partial charge in [-0.25, -0.2) is 8.42 Å². The summed E-state index contributed by atoms with van der Waals surface area (Å²) in [5, 5.41) is 0. The number of nitrogens with two attached hydrogens (primary N) is 1. The van der Waals surface area contributed by atoms with Gasteiger partial charge < -0.3 is 5.73 Å². The maximum absolute atomic E-state index is 12.5. The van der Waals surface area contributed by atoms with Gasteiger partial charge in [-0.1, -0.05) is 54.7 Å². The molecule has 1 aliphatic carbocycles. The summed E-state index contributed by atoms with van der Waals surface area (Å²) in [5.41, 5.74) is 4.92. The molecular formula is C11H14Cl2N2O2S3. The molecule has 0 atom stereocenters. The second-order valence-electron chi connectivity index (χ2n) is 4.80. The molecule has 0 aromatic carbocycles. The van der Waals surface area contributed by atoms with Gasteiger partial charge in [-0.2, -0.15) is 4.72 Å². The van der Waals surface area contributed by atoms with Crippen molar-refractivity contribution in [3.8, 4) is 0 Å². The van der Waals surface area contributed by atoms with Gasteiger partial charge in [0.05, 0.1) is 14.9 Å². The molecule has 0 bridgehead atoms. The highest BCUT2D eigenvalue weighted by atomic mass is 35.5. The number of rotatable bonds is 4. The lowest BCUT2D eigenvalue weighted by Gasteiger charge is -2.36. The van der Waals surface area contributed by atoms with Gasteiger partial charge >= 0.3 is 0 Å². The summed E-state index contributed by atoms with van der Waals surface area (Å²) in [4.78, 5) is 0.161. The lowest BCUT2D eigenvalue weighted by molar-refractivity contribution is 0.353. The molecule has 0 aliphatic heterocycles. The van der Waals surface area contributed by atoms with Crippen LogP contribution < -0.4 is 10.5 Å². The highest BCUT2D eigenvalue weighted by Crippen LogP contribution is 2.36. The molecule has 1 aromatic heterocycles. The molecule has 0 amide bonds. The normalized spacial score (nSPS) is 18.9. The zero-order valence-corrected chi connectivity index (χ0v) is 14.4. The fraction of sp³-hybridized carbons (Fsp3) is 0.545. The average molecular weight is 373 g/mol.